The molecule has 0 radical (unpaired) electrons. The van der Waals surface area contributed by atoms with Crippen LogP contribution in [0.2, 0.25) is 0 Å². The van der Waals surface area contributed by atoms with Gasteiger partial charge in [-0.05, 0) is 0 Å². The molecule has 0 amide bonds. The number of carbonyl (C=O) groups excluding carboxylic acids is 1. The molecule has 0 aliphatic carbocycles. The average molecular weight is 208 g/mol. The lowest BCUT2D eigenvalue weighted by Crippen LogP contribution is -2.33. The summed E-state index contributed by atoms with van der Waals surface area (Å²) in [5, 5.41) is 0. The third-order valence-electron chi connectivity index (χ3n) is 1.67. The molecule has 1 aromatic rings. The zero-order valence-electron chi connectivity index (χ0n) is 10.2. The van der Waals surface area contributed by atoms with Gasteiger partial charge >= 0.3 is 0 Å². The Labute approximate surface area is 93.1 Å². The van der Waals surface area contributed by atoms with Gasteiger partial charge in [0.1, 0.15) is 12.8 Å². The maximum atomic E-state index is 9.17. The van der Waals surface area contributed by atoms with E-state index in [2.05, 4.69) is 51.5 Å². The Hall–Kier alpha value is -1.15. The minimum Gasteiger partial charge on any atom is -0.327 e. The van der Waals surface area contributed by atoms with Crippen LogP contribution in [-0.2, 0) is 11.3 Å². The Bertz CT molecular complexity index is 262. The molecular weight excluding hydrogens is 186 g/mol. The van der Waals surface area contributed by atoms with Gasteiger partial charge in [-0.25, -0.2) is 0 Å². The largest absolute Gasteiger partial charge is 0.327 e. The molecule has 0 aliphatic rings. The van der Waals surface area contributed by atoms with Crippen LogP contribution < -0.4 is 0 Å². The maximum absolute atomic E-state index is 9.17. The van der Waals surface area contributed by atoms with Crippen LogP contribution >= 0.6 is 0 Å². The second-order valence-corrected chi connectivity index (χ2v) is 4.51. The van der Waals surface area contributed by atoms with E-state index in [9.17, 15) is 4.79 Å². The van der Waals surface area contributed by atoms with E-state index in [0.29, 0.717) is 6.42 Å². The number of aldehydes is 1. The highest BCUT2D eigenvalue weighted by Gasteiger charge is 2.06. The molecule has 0 N–H and O–H groups in total. The standard InChI is InChI=1S/C10H16N.C3H6O/c1-11(2,3)9-10-7-5-4-6-8-10;1-2-3-4/h4-8H,9H2,1-3H3;3H,2H2,1H3/q+1;. The van der Waals surface area contributed by atoms with Gasteiger partial charge in [-0.3, -0.25) is 0 Å². The van der Waals surface area contributed by atoms with Crippen LogP contribution in [-0.4, -0.2) is 31.9 Å². The molecule has 0 bridgehead atoms. The monoisotopic (exact) mass is 208 g/mol. The summed E-state index contributed by atoms with van der Waals surface area (Å²) in [4.78, 5) is 9.17. The predicted molar refractivity (Wildman–Crippen MR) is 64.5 cm³/mol. The lowest BCUT2D eigenvalue weighted by Gasteiger charge is -2.23. The van der Waals surface area contributed by atoms with Crippen LogP contribution in [0.5, 0.6) is 0 Å². The molecule has 0 unspecified atom stereocenters. The second-order valence-electron chi connectivity index (χ2n) is 4.51. The highest BCUT2D eigenvalue weighted by atomic mass is 16.1. The zero-order chi connectivity index (χ0) is 11.7. The third-order valence-corrected chi connectivity index (χ3v) is 1.67. The second kappa shape index (κ2) is 7.18. The summed E-state index contributed by atoms with van der Waals surface area (Å²) in [5.74, 6) is 0. The maximum Gasteiger partial charge on any atom is 0.119 e. The highest BCUT2D eigenvalue weighted by molar-refractivity contribution is 5.48. The van der Waals surface area contributed by atoms with Crippen molar-refractivity contribution in [3.63, 3.8) is 0 Å². The molecule has 0 heterocycles. The fourth-order valence-corrected chi connectivity index (χ4v) is 1.13. The molecule has 0 aliphatic heterocycles. The van der Waals surface area contributed by atoms with Crippen LogP contribution in [0.4, 0.5) is 0 Å². The summed E-state index contributed by atoms with van der Waals surface area (Å²) >= 11 is 0. The van der Waals surface area contributed by atoms with Gasteiger partial charge in [-0.1, -0.05) is 37.3 Å². The number of nitrogens with zero attached hydrogens (tertiary/aromatic N) is 1. The lowest BCUT2D eigenvalue weighted by molar-refractivity contribution is -0.884. The summed E-state index contributed by atoms with van der Waals surface area (Å²) in [6.45, 7) is 2.91. The van der Waals surface area contributed by atoms with Crippen LogP contribution in [0, 0.1) is 0 Å². The van der Waals surface area contributed by atoms with Gasteiger partial charge in [0.2, 0.25) is 0 Å². The number of hydrogen-bond donors (Lipinski definition) is 0. The Balaban J connectivity index is 0.000000423. The van der Waals surface area contributed by atoms with Crippen LogP contribution in [0.3, 0.4) is 0 Å². The van der Waals surface area contributed by atoms with Crippen molar-refractivity contribution in [3.8, 4) is 0 Å². The van der Waals surface area contributed by atoms with Crippen molar-refractivity contribution in [2.75, 3.05) is 21.1 Å². The molecule has 0 aromatic heterocycles. The topological polar surface area (TPSA) is 17.1 Å². The van der Waals surface area contributed by atoms with Crippen molar-refractivity contribution in [1.82, 2.24) is 0 Å². The van der Waals surface area contributed by atoms with Gasteiger partial charge in [0.05, 0.1) is 21.1 Å². The summed E-state index contributed by atoms with van der Waals surface area (Å²) < 4.78 is 0.990. The number of carbonyl (C=O) groups is 1. The molecule has 0 spiro atoms. The summed E-state index contributed by atoms with van der Waals surface area (Å²) in [6, 6.07) is 10.6. The van der Waals surface area contributed by atoms with Gasteiger partial charge < -0.3 is 9.28 Å². The van der Waals surface area contributed by atoms with E-state index >= 15 is 0 Å². The normalized spacial score (nSPS) is 10.1. The molecule has 1 aromatic carbocycles. The highest BCUT2D eigenvalue weighted by Crippen LogP contribution is 2.05. The smallest absolute Gasteiger partial charge is 0.119 e. The van der Waals surface area contributed by atoms with Crippen LogP contribution in [0.15, 0.2) is 30.3 Å². The third kappa shape index (κ3) is 9.16. The van der Waals surface area contributed by atoms with E-state index in [4.69, 9.17) is 0 Å². The fraction of sp³-hybridized carbons (Fsp3) is 0.462. The van der Waals surface area contributed by atoms with Crippen molar-refractivity contribution in [1.29, 1.82) is 0 Å². The minimum atomic E-state index is 0.639. The first kappa shape index (κ1) is 13.8. The number of rotatable bonds is 3. The molecule has 2 nitrogen and oxygen atoms in total. The van der Waals surface area contributed by atoms with E-state index < -0.39 is 0 Å². The van der Waals surface area contributed by atoms with Crippen molar-refractivity contribution in [3.05, 3.63) is 35.9 Å². The van der Waals surface area contributed by atoms with Gasteiger partial charge in [-0.15, -0.1) is 0 Å². The SMILES string of the molecule is CCC=O.C[N+](C)(C)Cc1ccccc1. The molecule has 15 heavy (non-hydrogen) atoms. The molecule has 0 fully saturated rings. The lowest BCUT2D eigenvalue weighted by atomic mass is 10.2. The molecule has 1 rings (SSSR count). The number of hydrogen-bond acceptors (Lipinski definition) is 1. The molecule has 84 valence electrons. The number of benzene rings is 1. The molecular formula is C13H22NO+. The molecule has 0 saturated heterocycles. The van der Waals surface area contributed by atoms with E-state index in [1.54, 1.807) is 0 Å². The Morgan fingerprint density at radius 3 is 1.93 bits per heavy atom. The van der Waals surface area contributed by atoms with Gasteiger partial charge in [-0.2, -0.15) is 0 Å². The van der Waals surface area contributed by atoms with Gasteiger partial charge in [0.25, 0.3) is 0 Å². The Morgan fingerprint density at radius 1 is 1.13 bits per heavy atom. The first-order valence-electron chi connectivity index (χ1n) is 5.27. The molecule has 2 heteroatoms. The average Bonchev–Trinajstić information content (AvgIpc) is 2.17. The van der Waals surface area contributed by atoms with Gasteiger partial charge in [0.15, 0.2) is 0 Å². The summed E-state index contributed by atoms with van der Waals surface area (Å²) in [5.41, 5.74) is 1.40. The van der Waals surface area contributed by atoms with Crippen molar-refractivity contribution >= 4 is 6.29 Å². The van der Waals surface area contributed by atoms with E-state index in [-0.39, 0.29) is 0 Å². The van der Waals surface area contributed by atoms with Crippen molar-refractivity contribution in [2.24, 2.45) is 0 Å². The minimum absolute atomic E-state index is 0.639. The van der Waals surface area contributed by atoms with E-state index in [1.807, 2.05) is 6.92 Å². The first-order chi connectivity index (χ1) is 6.99. The van der Waals surface area contributed by atoms with Crippen molar-refractivity contribution < 1.29 is 9.28 Å². The quantitative estimate of drug-likeness (QED) is 0.551. The summed E-state index contributed by atoms with van der Waals surface area (Å²) in [6.07, 6.45) is 1.51. The first-order valence-corrected chi connectivity index (χ1v) is 5.27. The zero-order valence-corrected chi connectivity index (χ0v) is 10.2. The van der Waals surface area contributed by atoms with Crippen molar-refractivity contribution in [2.45, 2.75) is 19.9 Å². The van der Waals surface area contributed by atoms with Gasteiger partial charge in [0, 0.05) is 12.0 Å². The van der Waals surface area contributed by atoms with Crippen LogP contribution in [0.25, 0.3) is 0 Å². The number of quaternary nitrogens is 1. The Morgan fingerprint density at radius 2 is 1.60 bits per heavy atom. The van der Waals surface area contributed by atoms with Crippen LogP contribution in [0.1, 0.15) is 18.9 Å². The Kier molecular flexibility index (Phi) is 6.63. The van der Waals surface area contributed by atoms with E-state index in [1.165, 1.54) is 5.56 Å². The molecule has 0 saturated carbocycles. The summed E-state index contributed by atoms with van der Waals surface area (Å²) in [7, 11) is 6.60. The molecule has 0 atom stereocenters. The van der Waals surface area contributed by atoms with E-state index in [0.717, 1.165) is 17.3 Å². The predicted octanol–water partition coefficient (Wildman–Crippen LogP) is 2.49. The fourth-order valence-electron chi connectivity index (χ4n) is 1.13.